The summed E-state index contributed by atoms with van der Waals surface area (Å²) in [6.45, 7) is 9.38. The molecule has 0 spiro atoms. The van der Waals surface area contributed by atoms with Gasteiger partial charge in [0.05, 0.1) is 12.5 Å². The minimum Gasteiger partial charge on any atom is -0.444 e. The van der Waals surface area contributed by atoms with E-state index in [1.807, 2.05) is 64.1 Å². The summed E-state index contributed by atoms with van der Waals surface area (Å²) in [6, 6.07) is 14.8. The highest BCUT2D eigenvalue weighted by molar-refractivity contribution is 6.30. The number of benzene rings is 2. The molecule has 39 heavy (non-hydrogen) atoms. The number of piperazine rings is 1. The van der Waals surface area contributed by atoms with Crippen LogP contribution in [-0.4, -0.2) is 77.4 Å². The monoisotopic (exact) mass is 559 g/mol. The van der Waals surface area contributed by atoms with Crippen LogP contribution >= 0.6 is 11.6 Å². The Morgan fingerprint density at radius 2 is 1.56 bits per heavy atom. The van der Waals surface area contributed by atoms with Crippen molar-refractivity contribution in [3.05, 3.63) is 70.2 Å². The van der Waals surface area contributed by atoms with Gasteiger partial charge in [-0.15, -0.1) is 0 Å². The van der Waals surface area contributed by atoms with Crippen LogP contribution in [0.1, 0.15) is 61.5 Å². The van der Waals surface area contributed by atoms with Crippen molar-refractivity contribution >= 4 is 29.5 Å². The van der Waals surface area contributed by atoms with Crippen LogP contribution in [0.5, 0.6) is 0 Å². The van der Waals surface area contributed by atoms with E-state index in [9.17, 15) is 14.4 Å². The molecule has 0 bridgehead atoms. The summed E-state index contributed by atoms with van der Waals surface area (Å²) in [4.78, 5) is 40.9. The third-order valence-electron chi connectivity index (χ3n) is 6.51. The fourth-order valence-electron chi connectivity index (χ4n) is 4.57. The molecule has 1 saturated heterocycles. The summed E-state index contributed by atoms with van der Waals surface area (Å²) in [5, 5.41) is 9.73. The number of carbonyl (C=O) groups excluding carboxylic acids is 3. The van der Waals surface area contributed by atoms with E-state index >= 15 is 0 Å². The van der Waals surface area contributed by atoms with Crippen molar-refractivity contribution < 1.29 is 29.1 Å². The Morgan fingerprint density at radius 3 is 2.10 bits per heavy atom. The number of nitrogens with zero attached hydrogens (tertiary/aromatic N) is 2. The number of ether oxygens (including phenoxy) is 2. The lowest BCUT2D eigenvalue weighted by Gasteiger charge is -2.35. The second-order valence-electron chi connectivity index (χ2n) is 10.6. The molecule has 2 N–H and O–H groups in total. The predicted molar refractivity (Wildman–Crippen MR) is 148 cm³/mol. The number of amides is 3. The van der Waals surface area contributed by atoms with Gasteiger partial charge in [-0.3, -0.25) is 14.8 Å². The highest BCUT2D eigenvalue weighted by Crippen LogP contribution is 2.30. The van der Waals surface area contributed by atoms with Crippen molar-refractivity contribution in [2.24, 2.45) is 0 Å². The molecule has 1 aliphatic rings. The van der Waals surface area contributed by atoms with E-state index < -0.39 is 17.6 Å². The van der Waals surface area contributed by atoms with Gasteiger partial charge in [-0.25, -0.2) is 10.3 Å². The third kappa shape index (κ3) is 8.95. The smallest absolute Gasteiger partial charge is 0.410 e. The van der Waals surface area contributed by atoms with Crippen molar-refractivity contribution in [1.29, 1.82) is 0 Å². The number of nitrogens with one attached hydrogen (secondary N) is 1. The Balaban J connectivity index is 1.74. The van der Waals surface area contributed by atoms with Gasteiger partial charge < -0.3 is 19.3 Å². The van der Waals surface area contributed by atoms with Crippen LogP contribution < -0.4 is 5.48 Å². The normalized spacial score (nSPS) is 15.4. The van der Waals surface area contributed by atoms with Gasteiger partial charge in [-0.1, -0.05) is 35.9 Å². The van der Waals surface area contributed by atoms with Gasteiger partial charge in [0, 0.05) is 49.3 Å². The fraction of sp³-hybridized carbons (Fsp3) is 0.483. The molecule has 1 aliphatic heterocycles. The van der Waals surface area contributed by atoms with Gasteiger partial charge in [0.25, 0.3) is 5.91 Å². The molecule has 9 nitrogen and oxygen atoms in total. The standard InChI is InChI=1S/C29H38ClN3O6/c1-5-38-25(19-26(34)31-37)24(18-20-6-12-23(30)13-7-20)21-8-10-22(11-9-21)27(35)32-14-16-33(17-15-32)28(36)39-29(2,3)4/h6-13,24-25,37H,5,14-19H2,1-4H3,(H,31,34)/t24-,25?/m1/s1. The minimum absolute atomic E-state index is 0.0226. The van der Waals surface area contributed by atoms with E-state index in [1.54, 1.807) is 27.4 Å². The average Bonchev–Trinajstić information content (AvgIpc) is 2.91. The van der Waals surface area contributed by atoms with E-state index in [0.29, 0.717) is 49.8 Å². The maximum atomic E-state index is 13.2. The largest absolute Gasteiger partial charge is 0.444 e. The maximum absolute atomic E-state index is 13.2. The van der Waals surface area contributed by atoms with Crippen LogP contribution in [0.25, 0.3) is 0 Å². The first-order valence-electron chi connectivity index (χ1n) is 13.2. The van der Waals surface area contributed by atoms with E-state index in [1.165, 1.54) is 0 Å². The first-order valence-corrected chi connectivity index (χ1v) is 13.5. The predicted octanol–water partition coefficient (Wildman–Crippen LogP) is 4.66. The van der Waals surface area contributed by atoms with Gasteiger partial charge >= 0.3 is 6.09 Å². The SMILES string of the molecule is CCOC(CC(=O)NO)[C@H](Cc1ccc(Cl)cc1)c1ccc(C(=O)N2CCN(C(=O)OC(C)(C)C)CC2)cc1. The molecule has 0 aromatic heterocycles. The molecule has 3 amide bonds. The molecule has 2 atom stereocenters. The molecular formula is C29H38ClN3O6. The molecule has 2 aromatic rings. The molecule has 1 fully saturated rings. The molecule has 0 saturated carbocycles. The second kappa shape index (κ2) is 13.8. The van der Waals surface area contributed by atoms with E-state index in [4.69, 9.17) is 26.3 Å². The Hall–Kier alpha value is -3.14. The van der Waals surface area contributed by atoms with Crippen molar-refractivity contribution in [2.75, 3.05) is 32.8 Å². The Labute approximate surface area is 235 Å². The molecule has 3 rings (SSSR count). The topological polar surface area (TPSA) is 108 Å². The zero-order chi connectivity index (χ0) is 28.6. The van der Waals surface area contributed by atoms with E-state index in [-0.39, 0.29) is 24.3 Å². The lowest BCUT2D eigenvalue weighted by atomic mass is 9.85. The van der Waals surface area contributed by atoms with Crippen LogP contribution in [0.15, 0.2) is 48.5 Å². The molecule has 2 aromatic carbocycles. The lowest BCUT2D eigenvalue weighted by molar-refractivity contribution is -0.132. The number of halogens is 1. The quantitative estimate of drug-likeness (QED) is 0.342. The first-order chi connectivity index (χ1) is 18.5. The summed E-state index contributed by atoms with van der Waals surface area (Å²) in [5.41, 5.74) is 3.58. The van der Waals surface area contributed by atoms with E-state index in [2.05, 4.69) is 0 Å². The minimum atomic E-state index is -0.569. The maximum Gasteiger partial charge on any atom is 0.410 e. The van der Waals surface area contributed by atoms with Gasteiger partial charge in [0.2, 0.25) is 5.91 Å². The molecule has 10 heteroatoms. The highest BCUT2D eigenvalue weighted by Gasteiger charge is 2.29. The molecular weight excluding hydrogens is 522 g/mol. The van der Waals surface area contributed by atoms with Gasteiger partial charge in [-0.05, 0) is 69.5 Å². The number of hydrogen-bond acceptors (Lipinski definition) is 6. The molecule has 0 aliphatic carbocycles. The molecule has 1 heterocycles. The lowest BCUT2D eigenvalue weighted by Crippen LogP contribution is -2.51. The first kappa shape index (κ1) is 30.4. The Bertz CT molecular complexity index is 1110. The third-order valence-corrected chi connectivity index (χ3v) is 6.77. The number of carbonyl (C=O) groups is 3. The molecule has 0 radical (unpaired) electrons. The Kier molecular flexibility index (Phi) is 10.7. The highest BCUT2D eigenvalue weighted by atomic mass is 35.5. The van der Waals surface area contributed by atoms with E-state index in [0.717, 1.165) is 11.1 Å². The summed E-state index contributed by atoms with van der Waals surface area (Å²) in [7, 11) is 0. The zero-order valence-corrected chi connectivity index (χ0v) is 23.7. The molecule has 1 unspecified atom stereocenters. The number of hydrogen-bond donors (Lipinski definition) is 2. The van der Waals surface area contributed by atoms with Crippen molar-refractivity contribution in [1.82, 2.24) is 15.3 Å². The Morgan fingerprint density at radius 1 is 0.974 bits per heavy atom. The summed E-state index contributed by atoms with van der Waals surface area (Å²) in [5.74, 6) is -0.863. The van der Waals surface area contributed by atoms with Crippen molar-refractivity contribution in [3.8, 4) is 0 Å². The average molecular weight is 560 g/mol. The van der Waals surface area contributed by atoms with Gasteiger partial charge in [-0.2, -0.15) is 0 Å². The van der Waals surface area contributed by atoms with Crippen LogP contribution in [0.4, 0.5) is 4.79 Å². The van der Waals surface area contributed by atoms with Crippen LogP contribution in [0, 0.1) is 0 Å². The second-order valence-corrected chi connectivity index (χ2v) is 11.0. The van der Waals surface area contributed by atoms with Crippen LogP contribution in [-0.2, 0) is 20.7 Å². The van der Waals surface area contributed by atoms with Crippen molar-refractivity contribution in [2.45, 2.75) is 58.2 Å². The van der Waals surface area contributed by atoms with Crippen LogP contribution in [0.2, 0.25) is 5.02 Å². The summed E-state index contributed by atoms with van der Waals surface area (Å²) >= 11 is 6.06. The zero-order valence-electron chi connectivity index (χ0n) is 23.0. The van der Waals surface area contributed by atoms with Crippen LogP contribution in [0.3, 0.4) is 0 Å². The molecule has 212 valence electrons. The number of hydroxylamine groups is 1. The summed E-state index contributed by atoms with van der Waals surface area (Å²) < 4.78 is 11.4. The summed E-state index contributed by atoms with van der Waals surface area (Å²) in [6.07, 6.45) is -0.323. The number of rotatable bonds is 9. The van der Waals surface area contributed by atoms with Gasteiger partial charge in [0.1, 0.15) is 5.60 Å². The van der Waals surface area contributed by atoms with Gasteiger partial charge in [0.15, 0.2) is 0 Å². The van der Waals surface area contributed by atoms with Crippen molar-refractivity contribution in [3.63, 3.8) is 0 Å². The fourth-order valence-corrected chi connectivity index (χ4v) is 4.70.